The molecule has 0 atom stereocenters. The van der Waals surface area contributed by atoms with Gasteiger partial charge in [-0.3, -0.25) is 4.79 Å². The highest BCUT2D eigenvalue weighted by atomic mass is 32.2. The molecule has 0 unspecified atom stereocenters. The number of hydrogen-bond acceptors (Lipinski definition) is 4. The molecule has 1 amide bonds. The maximum Gasteiger partial charge on any atom is 0.422 e. The molecule has 1 N–H and O–H groups in total. The predicted octanol–water partition coefficient (Wildman–Crippen LogP) is 3.55. The molecule has 2 aromatic carbocycles. The summed E-state index contributed by atoms with van der Waals surface area (Å²) in [5.74, 6) is -4.13. The minimum atomic E-state index is -4.74. The summed E-state index contributed by atoms with van der Waals surface area (Å²) < 4.78 is 88.4. The Bertz CT molecular complexity index is 910. The van der Waals surface area contributed by atoms with Crippen molar-refractivity contribution in [3.05, 3.63) is 59.7 Å². The van der Waals surface area contributed by atoms with E-state index in [2.05, 4.69) is 10.1 Å². The molecule has 0 radical (unpaired) electrons. The first kappa shape index (κ1) is 21.6. The van der Waals surface area contributed by atoms with Crippen molar-refractivity contribution < 1.29 is 39.9 Å². The van der Waals surface area contributed by atoms with Gasteiger partial charge in [-0.2, -0.15) is 22.0 Å². The van der Waals surface area contributed by atoms with Gasteiger partial charge in [-0.15, -0.1) is 0 Å². The Balaban J connectivity index is 1.93. The zero-order valence-corrected chi connectivity index (χ0v) is 14.9. The predicted molar refractivity (Wildman–Crippen MR) is 88.8 cm³/mol. The third-order valence-corrected chi connectivity index (χ3v) is 4.86. The smallest absolute Gasteiger partial charge is 0.422 e. The van der Waals surface area contributed by atoms with Crippen LogP contribution in [0.5, 0.6) is 5.75 Å². The molecule has 0 aliphatic heterocycles. The van der Waals surface area contributed by atoms with E-state index in [1.807, 2.05) is 0 Å². The Labute approximate surface area is 157 Å². The second-order valence-electron chi connectivity index (χ2n) is 5.56. The molecule has 0 aliphatic rings. The normalized spacial score (nSPS) is 12.1. The van der Waals surface area contributed by atoms with Crippen LogP contribution in [0.25, 0.3) is 0 Å². The van der Waals surface area contributed by atoms with E-state index in [9.17, 15) is 35.2 Å². The van der Waals surface area contributed by atoms with Crippen LogP contribution >= 0.6 is 0 Å². The van der Waals surface area contributed by atoms with E-state index >= 15 is 0 Å². The van der Waals surface area contributed by atoms with Gasteiger partial charge in [-0.1, -0.05) is 12.1 Å². The van der Waals surface area contributed by atoms with E-state index in [0.717, 1.165) is 24.3 Å². The molecular formula is C17H14F5NO4S. The first-order chi connectivity index (χ1) is 13.0. The van der Waals surface area contributed by atoms with Gasteiger partial charge >= 0.3 is 11.9 Å². The standard InChI is InChI=1S/C17H14F5NO4S/c18-16(19)28(25,26)14-7-3-12(4-8-14)15(24)23-9-11-1-5-13(6-2-11)27-10-17(20,21)22/h1-8,16H,9-10H2,(H,23,24). The number of ether oxygens (including phenoxy) is 1. The number of sulfone groups is 1. The second kappa shape index (κ2) is 8.55. The molecule has 0 saturated heterocycles. The Morgan fingerprint density at radius 1 is 1.00 bits per heavy atom. The van der Waals surface area contributed by atoms with Crippen molar-refractivity contribution in [1.82, 2.24) is 5.32 Å². The summed E-state index contributed by atoms with van der Waals surface area (Å²) in [5, 5.41) is 2.51. The van der Waals surface area contributed by atoms with Crippen LogP contribution in [0.2, 0.25) is 0 Å². The fourth-order valence-corrected chi connectivity index (χ4v) is 2.77. The van der Waals surface area contributed by atoms with Crippen LogP contribution in [-0.4, -0.2) is 32.9 Å². The fraction of sp³-hybridized carbons (Fsp3) is 0.235. The number of rotatable bonds is 7. The van der Waals surface area contributed by atoms with Crippen LogP contribution in [0, 0.1) is 0 Å². The molecule has 0 saturated carbocycles. The van der Waals surface area contributed by atoms with Gasteiger partial charge in [0, 0.05) is 12.1 Å². The highest BCUT2D eigenvalue weighted by Gasteiger charge is 2.28. The molecule has 2 rings (SSSR count). The van der Waals surface area contributed by atoms with Gasteiger partial charge in [0.05, 0.1) is 4.90 Å². The molecule has 0 bridgehead atoms. The molecule has 0 spiro atoms. The molecular weight excluding hydrogens is 409 g/mol. The van der Waals surface area contributed by atoms with E-state index in [4.69, 9.17) is 0 Å². The highest BCUT2D eigenvalue weighted by Crippen LogP contribution is 2.20. The van der Waals surface area contributed by atoms with Gasteiger partial charge in [0.2, 0.25) is 9.84 Å². The molecule has 0 aliphatic carbocycles. The van der Waals surface area contributed by atoms with Gasteiger partial charge in [0.1, 0.15) is 5.75 Å². The maximum atomic E-state index is 12.5. The number of carbonyl (C=O) groups is 1. The number of amides is 1. The lowest BCUT2D eigenvalue weighted by Crippen LogP contribution is -2.23. The van der Waals surface area contributed by atoms with Crippen LogP contribution in [0.15, 0.2) is 53.4 Å². The van der Waals surface area contributed by atoms with Crippen molar-refractivity contribution in [1.29, 1.82) is 0 Å². The molecule has 0 fully saturated rings. The monoisotopic (exact) mass is 423 g/mol. The first-order valence-corrected chi connectivity index (χ1v) is 9.22. The Hall–Kier alpha value is -2.69. The van der Waals surface area contributed by atoms with E-state index in [-0.39, 0.29) is 17.9 Å². The minimum absolute atomic E-state index is 0.0169. The van der Waals surface area contributed by atoms with Crippen LogP contribution in [0.3, 0.4) is 0 Å². The van der Waals surface area contributed by atoms with Crippen LogP contribution in [0.1, 0.15) is 15.9 Å². The largest absolute Gasteiger partial charge is 0.484 e. The van der Waals surface area contributed by atoms with Crippen LogP contribution in [-0.2, 0) is 16.4 Å². The van der Waals surface area contributed by atoms with E-state index in [1.54, 1.807) is 0 Å². The molecule has 152 valence electrons. The SMILES string of the molecule is O=C(NCc1ccc(OCC(F)(F)F)cc1)c1ccc(S(=O)(=O)C(F)F)cc1. The first-order valence-electron chi connectivity index (χ1n) is 7.68. The third kappa shape index (κ3) is 5.91. The summed E-state index contributed by atoms with van der Waals surface area (Å²) in [7, 11) is -4.74. The summed E-state index contributed by atoms with van der Waals surface area (Å²) in [4.78, 5) is 11.4. The molecule has 11 heteroatoms. The Kier molecular flexibility index (Phi) is 6.60. The fourth-order valence-electron chi connectivity index (χ4n) is 2.05. The number of halogens is 5. The average Bonchev–Trinajstić information content (AvgIpc) is 2.64. The van der Waals surface area contributed by atoms with Gasteiger partial charge in [0.25, 0.3) is 5.91 Å². The molecule has 2 aromatic rings. The van der Waals surface area contributed by atoms with Crippen LogP contribution < -0.4 is 10.1 Å². The summed E-state index contributed by atoms with van der Waals surface area (Å²) in [6, 6.07) is 9.56. The van der Waals surface area contributed by atoms with Gasteiger partial charge < -0.3 is 10.1 Å². The summed E-state index contributed by atoms with van der Waals surface area (Å²) in [5.41, 5.74) is 0.628. The second-order valence-corrected chi connectivity index (χ2v) is 7.48. The number of alkyl halides is 5. The minimum Gasteiger partial charge on any atom is -0.484 e. The molecule has 28 heavy (non-hydrogen) atoms. The van der Waals surface area contributed by atoms with Crippen molar-refractivity contribution in [2.24, 2.45) is 0 Å². The number of nitrogens with one attached hydrogen (secondary N) is 1. The highest BCUT2D eigenvalue weighted by molar-refractivity contribution is 7.91. The van der Waals surface area contributed by atoms with Crippen molar-refractivity contribution in [3.8, 4) is 5.75 Å². The number of carbonyl (C=O) groups excluding carboxylic acids is 1. The zero-order chi connectivity index (χ0) is 20.9. The maximum absolute atomic E-state index is 12.5. The average molecular weight is 423 g/mol. The quantitative estimate of drug-likeness (QED) is 0.692. The number of benzene rings is 2. The van der Waals surface area contributed by atoms with Crippen molar-refractivity contribution in [2.75, 3.05) is 6.61 Å². The van der Waals surface area contributed by atoms with Crippen molar-refractivity contribution in [3.63, 3.8) is 0 Å². The van der Waals surface area contributed by atoms with Gasteiger partial charge in [0.15, 0.2) is 6.61 Å². The van der Waals surface area contributed by atoms with Crippen molar-refractivity contribution >= 4 is 15.7 Å². The zero-order valence-electron chi connectivity index (χ0n) is 14.0. The van der Waals surface area contributed by atoms with E-state index in [0.29, 0.717) is 5.56 Å². The molecule has 0 aromatic heterocycles. The molecule has 0 heterocycles. The van der Waals surface area contributed by atoms with Gasteiger partial charge in [-0.25, -0.2) is 8.42 Å². The summed E-state index contributed by atoms with van der Waals surface area (Å²) in [6.45, 7) is -1.38. The van der Waals surface area contributed by atoms with Crippen LogP contribution in [0.4, 0.5) is 22.0 Å². The Morgan fingerprint density at radius 3 is 2.07 bits per heavy atom. The topological polar surface area (TPSA) is 72.5 Å². The van der Waals surface area contributed by atoms with E-state index < -0.39 is 39.2 Å². The lowest BCUT2D eigenvalue weighted by atomic mass is 10.2. The Morgan fingerprint density at radius 2 is 1.57 bits per heavy atom. The van der Waals surface area contributed by atoms with Crippen molar-refractivity contribution in [2.45, 2.75) is 23.4 Å². The summed E-state index contributed by atoms with van der Waals surface area (Å²) in [6.07, 6.45) is -4.45. The summed E-state index contributed by atoms with van der Waals surface area (Å²) >= 11 is 0. The third-order valence-electron chi connectivity index (χ3n) is 3.46. The van der Waals surface area contributed by atoms with Gasteiger partial charge in [-0.05, 0) is 42.0 Å². The lowest BCUT2D eigenvalue weighted by molar-refractivity contribution is -0.153. The lowest BCUT2D eigenvalue weighted by Gasteiger charge is -2.10. The van der Waals surface area contributed by atoms with E-state index in [1.165, 1.54) is 24.3 Å². The molecule has 5 nitrogen and oxygen atoms in total. The number of hydrogen-bond donors (Lipinski definition) is 1.